The van der Waals surface area contributed by atoms with Crippen molar-refractivity contribution in [2.75, 3.05) is 11.9 Å². The van der Waals surface area contributed by atoms with E-state index in [1.54, 1.807) is 0 Å². The molecule has 0 saturated carbocycles. The number of nitrogens with two attached hydrogens (primary N) is 1. The molecule has 3 N–H and O–H groups in total. The lowest BCUT2D eigenvalue weighted by Gasteiger charge is -2.06. The summed E-state index contributed by atoms with van der Waals surface area (Å²) in [6.45, 7) is 3.01. The van der Waals surface area contributed by atoms with E-state index < -0.39 is 0 Å². The fourth-order valence-electron chi connectivity index (χ4n) is 2.16. The number of benzene rings is 1. The van der Waals surface area contributed by atoms with E-state index in [1.807, 2.05) is 0 Å². The van der Waals surface area contributed by atoms with Gasteiger partial charge in [0.05, 0.1) is 0 Å². The molecule has 76 valence electrons. The highest BCUT2D eigenvalue weighted by Crippen LogP contribution is 2.29. The number of rotatable bonds is 3. The van der Waals surface area contributed by atoms with Gasteiger partial charge in [-0.3, -0.25) is 0 Å². The van der Waals surface area contributed by atoms with Gasteiger partial charge in [0, 0.05) is 11.7 Å². The van der Waals surface area contributed by atoms with E-state index in [0.717, 1.165) is 25.8 Å². The van der Waals surface area contributed by atoms with Crippen molar-refractivity contribution in [2.24, 2.45) is 5.73 Å². The molecule has 1 aromatic rings. The molecule has 1 aliphatic heterocycles. The van der Waals surface area contributed by atoms with E-state index in [4.69, 9.17) is 5.73 Å². The lowest BCUT2D eigenvalue weighted by atomic mass is 9.99. The third kappa shape index (κ3) is 1.75. The summed E-state index contributed by atoms with van der Waals surface area (Å²) in [5.41, 5.74) is 9.84. The minimum absolute atomic E-state index is 0.587. The number of fused-ring (bicyclic) bond motifs is 1. The number of aryl methyl sites for hydroxylation is 1. The van der Waals surface area contributed by atoms with Crippen molar-refractivity contribution in [3.8, 4) is 0 Å². The normalized spacial score (nSPS) is 19.1. The van der Waals surface area contributed by atoms with Crippen LogP contribution >= 0.6 is 0 Å². The zero-order chi connectivity index (χ0) is 9.97. The van der Waals surface area contributed by atoms with Crippen molar-refractivity contribution in [2.45, 2.75) is 32.2 Å². The molecule has 1 unspecified atom stereocenters. The Kier molecular flexibility index (Phi) is 2.73. The summed E-state index contributed by atoms with van der Waals surface area (Å²) in [5, 5.41) is 3.48. The Morgan fingerprint density at radius 3 is 3.14 bits per heavy atom. The second-order valence-corrected chi connectivity index (χ2v) is 4.08. The zero-order valence-electron chi connectivity index (χ0n) is 8.72. The monoisotopic (exact) mass is 190 g/mol. The van der Waals surface area contributed by atoms with Gasteiger partial charge in [-0.05, 0) is 49.9 Å². The Morgan fingerprint density at radius 1 is 1.50 bits per heavy atom. The van der Waals surface area contributed by atoms with Gasteiger partial charge >= 0.3 is 0 Å². The van der Waals surface area contributed by atoms with Gasteiger partial charge in [-0.25, -0.2) is 0 Å². The molecule has 1 heterocycles. The van der Waals surface area contributed by atoms with Gasteiger partial charge in [0.25, 0.3) is 0 Å². The predicted molar refractivity (Wildman–Crippen MR) is 60.6 cm³/mol. The first-order valence-corrected chi connectivity index (χ1v) is 5.38. The standard InChI is InChI=1S/C12H18N2/c1-9-8-11-10(5-3-7-13)4-2-6-12(11)14-9/h2,4,6,9,14H,3,5,7-8,13H2,1H3. The Balaban J connectivity index is 2.21. The zero-order valence-corrected chi connectivity index (χ0v) is 8.72. The maximum absolute atomic E-state index is 5.53. The Bertz CT molecular complexity index is 320. The summed E-state index contributed by atoms with van der Waals surface area (Å²) < 4.78 is 0. The Morgan fingerprint density at radius 2 is 2.36 bits per heavy atom. The van der Waals surface area contributed by atoms with Crippen LogP contribution in [0.25, 0.3) is 0 Å². The minimum Gasteiger partial charge on any atom is -0.382 e. The summed E-state index contributed by atoms with van der Waals surface area (Å²) in [6.07, 6.45) is 3.37. The van der Waals surface area contributed by atoms with Crippen LogP contribution in [0, 0.1) is 0 Å². The highest BCUT2D eigenvalue weighted by Gasteiger charge is 2.18. The van der Waals surface area contributed by atoms with Crippen molar-refractivity contribution in [3.63, 3.8) is 0 Å². The van der Waals surface area contributed by atoms with Gasteiger partial charge in [-0.15, -0.1) is 0 Å². The van der Waals surface area contributed by atoms with Crippen LogP contribution < -0.4 is 11.1 Å². The second kappa shape index (κ2) is 4.01. The molecule has 14 heavy (non-hydrogen) atoms. The molecule has 1 aromatic carbocycles. The quantitative estimate of drug-likeness (QED) is 0.764. The molecule has 0 saturated heterocycles. The van der Waals surface area contributed by atoms with Gasteiger partial charge < -0.3 is 11.1 Å². The number of anilines is 1. The molecule has 1 aliphatic rings. The molecular formula is C12H18N2. The third-order valence-corrected chi connectivity index (χ3v) is 2.84. The average Bonchev–Trinajstić information content (AvgIpc) is 2.55. The SMILES string of the molecule is CC1Cc2c(CCCN)cccc2N1. The molecule has 0 bridgehead atoms. The van der Waals surface area contributed by atoms with E-state index in [2.05, 4.69) is 30.4 Å². The third-order valence-electron chi connectivity index (χ3n) is 2.84. The molecule has 0 aliphatic carbocycles. The maximum Gasteiger partial charge on any atom is 0.0378 e. The van der Waals surface area contributed by atoms with Crippen molar-refractivity contribution >= 4 is 5.69 Å². The number of nitrogens with one attached hydrogen (secondary N) is 1. The Labute approximate surface area is 85.5 Å². The molecule has 0 aromatic heterocycles. The minimum atomic E-state index is 0.587. The van der Waals surface area contributed by atoms with E-state index in [0.29, 0.717) is 6.04 Å². The largest absolute Gasteiger partial charge is 0.382 e. The fourth-order valence-corrected chi connectivity index (χ4v) is 2.16. The van der Waals surface area contributed by atoms with Gasteiger partial charge in [0.15, 0.2) is 0 Å². The second-order valence-electron chi connectivity index (χ2n) is 4.08. The number of hydrogen-bond donors (Lipinski definition) is 2. The molecule has 2 nitrogen and oxygen atoms in total. The molecule has 0 amide bonds. The van der Waals surface area contributed by atoms with Crippen LogP contribution in [0.5, 0.6) is 0 Å². The maximum atomic E-state index is 5.53. The molecule has 0 fully saturated rings. The predicted octanol–water partition coefficient (Wildman–Crippen LogP) is 1.93. The summed E-state index contributed by atoms with van der Waals surface area (Å²) in [6, 6.07) is 7.12. The summed E-state index contributed by atoms with van der Waals surface area (Å²) >= 11 is 0. The topological polar surface area (TPSA) is 38.0 Å². The van der Waals surface area contributed by atoms with Crippen molar-refractivity contribution in [3.05, 3.63) is 29.3 Å². The van der Waals surface area contributed by atoms with Crippen LogP contribution in [-0.4, -0.2) is 12.6 Å². The highest BCUT2D eigenvalue weighted by atomic mass is 14.9. The first kappa shape index (κ1) is 9.53. The van der Waals surface area contributed by atoms with Crippen LogP contribution in [0.1, 0.15) is 24.5 Å². The first-order valence-electron chi connectivity index (χ1n) is 5.38. The van der Waals surface area contributed by atoms with E-state index in [9.17, 15) is 0 Å². The molecule has 1 atom stereocenters. The van der Waals surface area contributed by atoms with Crippen LogP contribution in [0.2, 0.25) is 0 Å². The van der Waals surface area contributed by atoms with E-state index in [-0.39, 0.29) is 0 Å². The smallest absolute Gasteiger partial charge is 0.0378 e. The lowest BCUT2D eigenvalue weighted by Crippen LogP contribution is -2.08. The summed E-state index contributed by atoms with van der Waals surface area (Å²) in [4.78, 5) is 0. The van der Waals surface area contributed by atoms with Gasteiger partial charge in [0.1, 0.15) is 0 Å². The van der Waals surface area contributed by atoms with E-state index in [1.165, 1.54) is 16.8 Å². The van der Waals surface area contributed by atoms with Crippen LogP contribution in [0.15, 0.2) is 18.2 Å². The van der Waals surface area contributed by atoms with Crippen LogP contribution in [-0.2, 0) is 12.8 Å². The van der Waals surface area contributed by atoms with Crippen LogP contribution in [0.4, 0.5) is 5.69 Å². The first-order chi connectivity index (χ1) is 6.81. The van der Waals surface area contributed by atoms with Gasteiger partial charge in [-0.1, -0.05) is 12.1 Å². The summed E-state index contributed by atoms with van der Waals surface area (Å²) in [7, 11) is 0. The molecule has 2 rings (SSSR count). The average molecular weight is 190 g/mol. The Hall–Kier alpha value is -1.02. The van der Waals surface area contributed by atoms with Crippen molar-refractivity contribution in [1.82, 2.24) is 0 Å². The van der Waals surface area contributed by atoms with Gasteiger partial charge in [0.2, 0.25) is 0 Å². The molecule has 2 heteroatoms. The van der Waals surface area contributed by atoms with Crippen molar-refractivity contribution in [1.29, 1.82) is 0 Å². The molecule has 0 spiro atoms. The number of hydrogen-bond acceptors (Lipinski definition) is 2. The molecular weight excluding hydrogens is 172 g/mol. The van der Waals surface area contributed by atoms with Crippen LogP contribution in [0.3, 0.4) is 0 Å². The van der Waals surface area contributed by atoms with Gasteiger partial charge in [-0.2, -0.15) is 0 Å². The van der Waals surface area contributed by atoms with Crippen molar-refractivity contribution < 1.29 is 0 Å². The fraction of sp³-hybridized carbons (Fsp3) is 0.500. The van der Waals surface area contributed by atoms with E-state index >= 15 is 0 Å². The lowest BCUT2D eigenvalue weighted by molar-refractivity contribution is 0.802. The highest BCUT2D eigenvalue weighted by molar-refractivity contribution is 5.59. The summed E-state index contributed by atoms with van der Waals surface area (Å²) in [5.74, 6) is 0. The molecule has 0 radical (unpaired) electrons.